The molecule has 1 unspecified atom stereocenters. The SMILES string of the molecule is CC(NC(=O)c1c(N)nn2cccnc12)c1nc2cccc(C#CC(C)(C)O)c2c(=O)n1-c1ccccc1. The molecule has 0 spiro atoms. The van der Waals surface area contributed by atoms with Gasteiger partial charge >= 0.3 is 0 Å². The third-order valence-corrected chi connectivity index (χ3v) is 5.83. The molecule has 5 rings (SSSR count). The van der Waals surface area contributed by atoms with E-state index in [1.54, 1.807) is 69.6 Å². The van der Waals surface area contributed by atoms with Crippen LogP contribution in [0.5, 0.6) is 0 Å². The van der Waals surface area contributed by atoms with Crippen LogP contribution in [0.4, 0.5) is 5.82 Å². The number of hydrogen-bond donors (Lipinski definition) is 3. The zero-order chi connectivity index (χ0) is 27.0. The first-order chi connectivity index (χ1) is 18.1. The van der Waals surface area contributed by atoms with Crippen LogP contribution in [0.15, 0.2) is 71.8 Å². The highest BCUT2D eigenvalue weighted by Crippen LogP contribution is 2.22. The van der Waals surface area contributed by atoms with E-state index in [1.807, 2.05) is 18.2 Å². The summed E-state index contributed by atoms with van der Waals surface area (Å²) in [5, 5.41) is 17.4. The number of carbonyl (C=O) groups is 1. The topological polar surface area (TPSA) is 140 Å². The molecule has 38 heavy (non-hydrogen) atoms. The molecule has 0 radical (unpaired) electrons. The Morgan fingerprint density at radius 3 is 2.63 bits per heavy atom. The molecule has 2 aromatic carbocycles. The summed E-state index contributed by atoms with van der Waals surface area (Å²) in [6.45, 7) is 4.87. The Kier molecular flexibility index (Phi) is 6.14. The van der Waals surface area contributed by atoms with Crippen LogP contribution in [-0.4, -0.2) is 40.8 Å². The Morgan fingerprint density at radius 1 is 1.13 bits per heavy atom. The van der Waals surface area contributed by atoms with Crippen LogP contribution in [-0.2, 0) is 0 Å². The maximum Gasteiger partial charge on any atom is 0.267 e. The lowest BCUT2D eigenvalue weighted by atomic mass is 10.1. The van der Waals surface area contributed by atoms with Crippen LogP contribution in [0.1, 0.15) is 48.6 Å². The fraction of sp³-hybridized carbons (Fsp3) is 0.179. The van der Waals surface area contributed by atoms with E-state index >= 15 is 0 Å². The third kappa shape index (κ3) is 4.58. The minimum Gasteiger partial charge on any atom is -0.381 e. The predicted molar refractivity (Wildman–Crippen MR) is 144 cm³/mol. The summed E-state index contributed by atoms with van der Waals surface area (Å²) in [7, 11) is 0. The quantitative estimate of drug-likeness (QED) is 0.318. The summed E-state index contributed by atoms with van der Waals surface area (Å²) in [6.07, 6.45) is 3.20. The fourth-order valence-electron chi connectivity index (χ4n) is 4.14. The first kappa shape index (κ1) is 24.7. The maximum absolute atomic E-state index is 14.0. The highest BCUT2D eigenvalue weighted by atomic mass is 16.3. The van der Waals surface area contributed by atoms with Gasteiger partial charge in [-0.25, -0.2) is 14.5 Å². The van der Waals surface area contributed by atoms with Crippen LogP contribution in [0, 0.1) is 11.8 Å². The van der Waals surface area contributed by atoms with Gasteiger partial charge in [-0.15, -0.1) is 5.10 Å². The number of anilines is 1. The monoisotopic (exact) mass is 507 g/mol. The van der Waals surface area contributed by atoms with Gasteiger partial charge < -0.3 is 16.2 Å². The van der Waals surface area contributed by atoms with Gasteiger partial charge in [-0.2, -0.15) is 0 Å². The van der Waals surface area contributed by atoms with E-state index in [1.165, 1.54) is 9.08 Å². The van der Waals surface area contributed by atoms with Crippen molar-refractivity contribution in [2.75, 3.05) is 5.73 Å². The largest absolute Gasteiger partial charge is 0.381 e. The smallest absolute Gasteiger partial charge is 0.267 e. The zero-order valence-corrected chi connectivity index (χ0v) is 21.0. The molecule has 190 valence electrons. The number of amides is 1. The van der Waals surface area contributed by atoms with Crippen molar-refractivity contribution in [1.82, 2.24) is 29.5 Å². The number of rotatable bonds is 4. The van der Waals surface area contributed by atoms with E-state index in [0.717, 1.165) is 0 Å². The molecule has 0 aliphatic carbocycles. The second-order valence-electron chi connectivity index (χ2n) is 9.30. The molecule has 0 saturated carbocycles. The van der Waals surface area contributed by atoms with Gasteiger partial charge in [0.2, 0.25) is 0 Å². The Balaban J connectivity index is 1.66. The van der Waals surface area contributed by atoms with Crippen LogP contribution in [0.2, 0.25) is 0 Å². The zero-order valence-electron chi connectivity index (χ0n) is 21.0. The predicted octanol–water partition coefficient (Wildman–Crippen LogP) is 2.62. The van der Waals surface area contributed by atoms with E-state index in [-0.39, 0.29) is 16.9 Å². The van der Waals surface area contributed by atoms with E-state index in [2.05, 4.69) is 27.2 Å². The lowest BCUT2D eigenvalue weighted by Gasteiger charge is -2.20. The molecule has 0 fully saturated rings. The van der Waals surface area contributed by atoms with Gasteiger partial charge in [-0.1, -0.05) is 36.1 Å². The van der Waals surface area contributed by atoms with Gasteiger partial charge in [0.25, 0.3) is 11.5 Å². The van der Waals surface area contributed by atoms with Crippen molar-refractivity contribution in [1.29, 1.82) is 0 Å². The van der Waals surface area contributed by atoms with Crippen LogP contribution < -0.4 is 16.6 Å². The molecule has 3 heterocycles. The molecule has 1 amide bonds. The van der Waals surface area contributed by atoms with Crippen molar-refractivity contribution in [3.63, 3.8) is 0 Å². The molecule has 0 aliphatic rings. The van der Waals surface area contributed by atoms with Crippen molar-refractivity contribution in [3.8, 4) is 17.5 Å². The Hall–Kier alpha value is -5.01. The number of fused-ring (bicyclic) bond motifs is 2. The highest BCUT2D eigenvalue weighted by molar-refractivity contribution is 6.04. The number of benzene rings is 2. The number of para-hydroxylation sites is 1. The number of aliphatic hydroxyl groups is 1. The molecular weight excluding hydrogens is 482 g/mol. The van der Waals surface area contributed by atoms with Crippen molar-refractivity contribution in [2.24, 2.45) is 0 Å². The van der Waals surface area contributed by atoms with Crippen molar-refractivity contribution < 1.29 is 9.90 Å². The number of carbonyl (C=O) groups excluding carboxylic acids is 1. The number of nitrogens with two attached hydrogens (primary N) is 1. The summed E-state index contributed by atoms with van der Waals surface area (Å²) in [6, 6.07) is 15.2. The molecule has 10 heteroatoms. The minimum absolute atomic E-state index is 0.0374. The highest BCUT2D eigenvalue weighted by Gasteiger charge is 2.25. The van der Waals surface area contributed by atoms with Gasteiger partial charge in [-0.05, 0) is 51.1 Å². The van der Waals surface area contributed by atoms with Gasteiger partial charge in [0.15, 0.2) is 11.5 Å². The lowest BCUT2D eigenvalue weighted by molar-refractivity contribution is 0.0940. The average Bonchev–Trinajstić information content (AvgIpc) is 3.23. The fourth-order valence-corrected chi connectivity index (χ4v) is 4.14. The van der Waals surface area contributed by atoms with Crippen LogP contribution in [0.25, 0.3) is 22.2 Å². The van der Waals surface area contributed by atoms with E-state index in [4.69, 9.17) is 10.7 Å². The Bertz CT molecular complexity index is 1810. The molecule has 0 saturated heterocycles. The van der Waals surface area contributed by atoms with Crippen LogP contribution in [0.3, 0.4) is 0 Å². The Morgan fingerprint density at radius 2 is 1.89 bits per heavy atom. The number of aromatic nitrogens is 5. The van der Waals surface area contributed by atoms with E-state index < -0.39 is 17.6 Å². The molecule has 10 nitrogen and oxygen atoms in total. The van der Waals surface area contributed by atoms with E-state index in [9.17, 15) is 14.7 Å². The Labute approximate surface area is 217 Å². The van der Waals surface area contributed by atoms with E-state index in [0.29, 0.717) is 33.6 Å². The number of nitrogen functional groups attached to an aromatic ring is 1. The summed E-state index contributed by atoms with van der Waals surface area (Å²) < 4.78 is 2.89. The first-order valence-electron chi connectivity index (χ1n) is 11.9. The normalized spacial score (nSPS) is 12.2. The molecule has 0 aliphatic heterocycles. The molecule has 4 N–H and O–H groups in total. The minimum atomic E-state index is -1.23. The lowest BCUT2D eigenvalue weighted by Crippen LogP contribution is -2.33. The van der Waals surface area contributed by atoms with Gasteiger partial charge in [0, 0.05) is 18.0 Å². The van der Waals surface area contributed by atoms with Crippen molar-refractivity contribution in [3.05, 3.63) is 94.3 Å². The van der Waals surface area contributed by atoms with Crippen molar-refractivity contribution >= 4 is 28.3 Å². The molecule has 0 bridgehead atoms. The molecule has 3 aromatic heterocycles. The summed E-state index contributed by atoms with van der Waals surface area (Å²) >= 11 is 0. The average molecular weight is 508 g/mol. The maximum atomic E-state index is 14.0. The standard InChI is InChI=1S/C28H25N7O3/c1-17(31-26(36)22-23(29)33-34-16-8-15-30-25(22)34)24-32-20-12-7-9-18(13-14-28(2,3)38)21(20)27(37)35(24)19-10-5-4-6-11-19/h4-12,15-17,38H,1-3H3,(H2,29,33)(H,31,36). The van der Waals surface area contributed by atoms with Gasteiger partial charge in [0.1, 0.15) is 17.0 Å². The van der Waals surface area contributed by atoms with Crippen molar-refractivity contribution in [2.45, 2.75) is 32.4 Å². The number of nitrogens with one attached hydrogen (secondary N) is 1. The molecular formula is C28H25N7O3. The summed E-state index contributed by atoms with van der Waals surface area (Å²) in [5.74, 6) is 5.54. The number of nitrogens with zero attached hydrogens (tertiary/aromatic N) is 5. The first-order valence-corrected chi connectivity index (χ1v) is 11.9. The second kappa shape index (κ2) is 9.46. The number of hydrogen-bond acceptors (Lipinski definition) is 7. The summed E-state index contributed by atoms with van der Waals surface area (Å²) in [5.41, 5.74) is 6.33. The summed E-state index contributed by atoms with van der Waals surface area (Å²) in [4.78, 5) is 36.3. The molecule has 1 atom stereocenters. The third-order valence-electron chi connectivity index (χ3n) is 5.83. The second-order valence-corrected chi connectivity index (χ2v) is 9.30. The van der Waals surface area contributed by atoms with Gasteiger partial charge in [-0.3, -0.25) is 14.2 Å². The van der Waals surface area contributed by atoms with Gasteiger partial charge in [0.05, 0.1) is 22.6 Å². The molecule has 5 aromatic rings. The van der Waals surface area contributed by atoms with Crippen LogP contribution >= 0.6 is 0 Å².